The first-order valence-corrected chi connectivity index (χ1v) is 10.8. The minimum Gasteiger partial charge on any atom is -0.486 e. The van der Waals surface area contributed by atoms with E-state index in [2.05, 4.69) is 5.32 Å². The Bertz CT molecular complexity index is 744. The van der Waals surface area contributed by atoms with E-state index >= 15 is 0 Å². The number of sulfone groups is 1. The number of fused-ring (bicyclic) bond motifs is 1. The average Bonchev–Trinajstić information content (AvgIpc) is 3.18. The highest BCUT2D eigenvalue weighted by atomic mass is 32.2. The smallest absolute Gasteiger partial charge is 0.223 e. The molecule has 0 saturated carbocycles. The molecular weight excluding hydrogens is 356 g/mol. The first-order chi connectivity index (χ1) is 12.5. The highest BCUT2D eigenvalue weighted by Crippen LogP contribution is 2.32. The molecule has 0 bridgehead atoms. The van der Waals surface area contributed by atoms with Crippen LogP contribution in [-0.4, -0.2) is 63.9 Å². The summed E-state index contributed by atoms with van der Waals surface area (Å²) >= 11 is 0. The molecule has 0 radical (unpaired) electrons. The van der Waals surface area contributed by atoms with Crippen molar-refractivity contribution < 1.29 is 22.7 Å². The molecule has 7 nitrogen and oxygen atoms in total. The number of amides is 1. The molecule has 2 heterocycles. The molecule has 1 unspecified atom stereocenters. The Labute approximate surface area is 154 Å². The van der Waals surface area contributed by atoms with Crippen LogP contribution in [0.15, 0.2) is 23.1 Å². The molecule has 1 N–H and O–H groups in total. The second-order valence-electron chi connectivity index (χ2n) is 6.61. The van der Waals surface area contributed by atoms with Gasteiger partial charge >= 0.3 is 0 Å². The normalized spacial score (nSPS) is 19.3. The van der Waals surface area contributed by atoms with E-state index in [0.717, 1.165) is 25.9 Å². The molecule has 26 heavy (non-hydrogen) atoms. The van der Waals surface area contributed by atoms with Gasteiger partial charge in [0.05, 0.1) is 10.6 Å². The fourth-order valence-electron chi connectivity index (χ4n) is 3.36. The van der Waals surface area contributed by atoms with Gasteiger partial charge in [0.25, 0.3) is 0 Å². The fourth-order valence-corrected chi connectivity index (χ4v) is 4.60. The number of nitrogens with zero attached hydrogens (tertiary/aromatic N) is 1. The van der Waals surface area contributed by atoms with Crippen molar-refractivity contribution in [3.05, 3.63) is 18.2 Å². The number of carbonyl (C=O) groups excluding carboxylic acids is 1. The van der Waals surface area contributed by atoms with Crippen LogP contribution in [-0.2, 0) is 14.6 Å². The van der Waals surface area contributed by atoms with Crippen LogP contribution in [0, 0.1) is 0 Å². The highest BCUT2D eigenvalue weighted by molar-refractivity contribution is 7.91. The summed E-state index contributed by atoms with van der Waals surface area (Å²) < 4.78 is 36.2. The van der Waals surface area contributed by atoms with E-state index < -0.39 is 9.84 Å². The molecule has 1 aromatic carbocycles. The van der Waals surface area contributed by atoms with Gasteiger partial charge in [-0.05, 0) is 31.5 Å². The number of carbonyl (C=O) groups is 1. The van der Waals surface area contributed by atoms with Gasteiger partial charge in [-0.3, -0.25) is 4.79 Å². The van der Waals surface area contributed by atoms with Crippen LogP contribution in [0.1, 0.15) is 26.2 Å². The third kappa shape index (κ3) is 4.29. The highest BCUT2D eigenvalue weighted by Gasteiger charge is 2.27. The van der Waals surface area contributed by atoms with Crippen molar-refractivity contribution in [1.82, 2.24) is 10.2 Å². The molecular formula is C18H26N2O5S. The molecule has 1 fully saturated rings. The van der Waals surface area contributed by atoms with Crippen LogP contribution >= 0.6 is 0 Å². The maximum Gasteiger partial charge on any atom is 0.223 e. The maximum atomic E-state index is 12.6. The van der Waals surface area contributed by atoms with Crippen molar-refractivity contribution in [3.8, 4) is 11.5 Å². The summed E-state index contributed by atoms with van der Waals surface area (Å²) in [7, 11) is -3.56. The molecule has 3 rings (SSSR count). The zero-order valence-electron chi connectivity index (χ0n) is 15.1. The number of ether oxygens (including phenoxy) is 2. The van der Waals surface area contributed by atoms with Crippen molar-refractivity contribution in [2.24, 2.45) is 0 Å². The van der Waals surface area contributed by atoms with Crippen LogP contribution in [0.3, 0.4) is 0 Å². The minimum atomic E-state index is -3.56. The van der Waals surface area contributed by atoms with Crippen molar-refractivity contribution in [3.63, 3.8) is 0 Å². The largest absolute Gasteiger partial charge is 0.486 e. The third-order valence-electron chi connectivity index (χ3n) is 4.72. The van der Waals surface area contributed by atoms with Crippen LogP contribution in [0.25, 0.3) is 0 Å². The number of benzene rings is 1. The Morgan fingerprint density at radius 1 is 1.27 bits per heavy atom. The second-order valence-corrected chi connectivity index (χ2v) is 8.72. The van der Waals surface area contributed by atoms with Crippen LogP contribution < -0.4 is 14.8 Å². The molecule has 1 aromatic rings. The predicted octanol–water partition coefficient (Wildman–Crippen LogP) is 1.22. The number of hydrogen-bond donors (Lipinski definition) is 1. The van der Waals surface area contributed by atoms with E-state index in [-0.39, 0.29) is 29.0 Å². The zero-order chi connectivity index (χ0) is 18.6. The zero-order valence-corrected chi connectivity index (χ0v) is 15.9. The second kappa shape index (κ2) is 8.26. The summed E-state index contributed by atoms with van der Waals surface area (Å²) in [6, 6.07) is 4.77. The summed E-state index contributed by atoms with van der Waals surface area (Å²) in [5, 5.41) is 3.26. The Hall–Kier alpha value is -1.80. The van der Waals surface area contributed by atoms with Gasteiger partial charge in [-0.25, -0.2) is 8.42 Å². The predicted molar refractivity (Wildman–Crippen MR) is 97.4 cm³/mol. The standard InChI is InChI=1S/C18H26N2O5S/c1-2-8-20(14-5-7-19-13-14)18(21)6-11-26(22,23)15-3-4-16-17(12-15)25-10-9-24-16/h3-4,12,14,19H,2,5-11,13H2,1H3. The first-order valence-electron chi connectivity index (χ1n) is 9.14. The summed E-state index contributed by atoms with van der Waals surface area (Å²) in [6.07, 6.45) is 1.77. The summed E-state index contributed by atoms with van der Waals surface area (Å²) in [5.74, 6) is 0.690. The Morgan fingerprint density at radius 3 is 2.73 bits per heavy atom. The third-order valence-corrected chi connectivity index (χ3v) is 6.43. The van der Waals surface area contributed by atoms with Gasteiger partial charge in [-0.1, -0.05) is 6.92 Å². The van der Waals surface area contributed by atoms with Gasteiger partial charge in [0, 0.05) is 31.6 Å². The topological polar surface area (TPSA) is 84.9 Å². The van der Waals surface area contributed by atoms with Gasteiger partial charge in [0.1, 0.15) is 13.2 Å². The monoisotopic (exact) mass is 382 g/mol. The Morgan fingerprint density at radius 2 is 2.04 bits per heavy atom. The molecule has 0 aliphatic carbocycles. The Kier molecular flexibility index (Phi) is 6.03. The van der Waals surface area contributed by atoms with E-state index in [1.165, 1.54) is 12.1 Å². The van der Waals surface area contributed by atoms with Crippen molar-refractivity contribution in [1.29, 1.82) is 0 Å². The van der Waals surface area contributed by atoms with E-state index in [1.807, 2.05) is 11.8 Å². The van der Waals surface area contributed by atoms with Crippen molar-refractivity contribution in [2.45, 2.75) is 37.1 Å². The number of nitrogens with one attached hydrogen (secondary N) is 1. The average molecular weight is 382 g/mol. The summed E-state index contributed by atoms with van der Waals surface area (Å²) in [6.45, 7) is 5.21. The lowest BCUT2D eigenvalue weighted by Crippen LogP contribution is -2.42. The summed E-state index contributed by atoms with van der Waals surface area (Å²) in [4.78, 5) is 14.6. The first kappa shape index (κ1) is 19.0. The molecule has 2 aliphatic rings. The van der Waals surface area contributed by atoms with Gasteiger partial charge < -0.3 is 19.7 Å². The molecule has 1 amide bonds. The van der Waals surface area contributed by atoms with Gasteiger partial charge in [-0.15, -0.1) is 0 Å². The van der Waals surface area contributed by atoms with E-state index in [9.17, 15) is 13.2 Å². The molecule has 2 aliphatic heterocycles. The molecule has 144 valence electrons. The molecule has 1 saturated heterocycles. The van der Waals surface area contributed by atoms with Crippen LogP contribution in [0.5, 0.6) is 11.5 Å². The van der Waals surface area contributed by atoms with Gasteiger partial charge in [0.15, 0.2) is 21.3 Å². The molecule has 1 atom stereocenters. The van der Waals surface area contributed by atoms with E-state index in [1.54, 1.807) is 6.07 Å². The fraction of sp³-hybridized carbons (Fsp3) is 0.611. The molecule has 0 aromatic heterocycles. The Balaban J connectivity index is 1.66. The van der Waals surface area contributed by atoms with Crippen molar-refractivity contribution >= 4 is 15.7 Å². The van der Waals surface area contributed by atoms with E-state index in [4.69, 9.17) is 9.47 Å². The maximum absolute atomic E-state index is 12.6. The van der Waals surface area contributed by atoms with Crippen LogP contribution in [0.2, 0.25) is 0 Å². The lowest BCUT2D eigenvalue weighted by molar-refractivity contribution is -0.132. The minimum absolute atomic E-state index is 0.00667. The summed E-state index contributed by atoms with van der Waals surface area (Å²) in [5.41, 5.74) is 0. The molecule has 8 heteroatoms. The number of hydrogen-bond acceptors (Lipinski definition) is 6. The number of rotatable bonds is 7. The molecule has 0 spiro atoms. The van der Waals surface area contributed by atoms with Crippen LogP contribution in [0.4, 0.5) is 0 Å². The lowest BCUT2D eigenvalue weighted by Gasteiger charge is -2.28. The SMILES string of the molecule is CCCN(C(=O)CCS(=O)(=O)c1ccc2c(c1)OCCO2)C1CCNC1. The van der Waals surface area contributed by atoms with Gasteiger partial charge in [-0.2, -0.15) is 0 Å². The van der Waals surface area contributed by atoms with Gasteiger partial charge in [0.2, 0.25) is 5.91 Å². The van der Waals surface area contributed by atoms with Crippen molar-refractivity contribution in [2.75, 3.05) is 38.6 Å². The van der Waals surface area contributed by atoms with E-state index in [0.29, 0.717) is 31.3 Å². The quantitative estimate of drug-likeness (QED) is 0.763. The lowest BCUT2D eigenvalue weighted by atomic mass is 10.2.